The van der Waals surface area contributed by atoms with E-state index in [9.17, 15) is 0 Å². The summed E-state index contributed by atoms with van der Waals surface area (Å²) in [5.41, 5.74) is 2.25. The Kier molecular flexibility index (Phi) is 3.96. The van der Waals surface area contributed by atoms with Gasteiger partial charge >= 0.3 is 0 Å². The van der Waals surface area contributed by atoms with Crippen LogP contribution < -0.4 is 5.32 Å². The molecule has 1 fully saturated rings. The lowest BCUT2D eigenvalue weighted by Crippen LogP contribution is -2.58. The number of hydrogen-bond donors (Lipinski definition) is 1. The highest BCUT2D eigenvalue weighted by atomic mass is 35.5. The molecule has 0 bridgehead atoms. The van der Waals surface area contributed by atoms with Gasteiger partial charge in [0, 0.05) is 33.6 Å². The molecule has 0 atom stereocenters. The van der Waals surface area contributed by atoms with Crippen LogP contribution in [0.15, 0.2) is 42.5 Å². The largest absolute Gasteiger partial charge is 0.315 e. The van der Waals surface area contributed by atoms with E-state index < -0.39 is 0 Å². The molecule has 1 aliphatic heterocycles. The lowest BCUT2D eigenvalue weighted by Gasteiger charge is -2.44. The number of nitrogens with one attached hydrogen (secondary N) is 1. The van der Waals surface area contributed by atoms with Crippen LogP contribution in [0.25, 0.3) is 0 Å². The highest BCUT2D eigenvalue weighted by Crippen LogP contribution is 2.38. The molecule has 2 aromatic rings. The maximum Gasteiger partial charge on any atom is 0.0444 e. The monoisotopic (exact) mass is 325 g/mol. The second-order valence-corrected chi connectivity index (χ2v) is 6.53. The average molecular weight is 327 g/mol. The van der Waals surface area contributed by atoms with Gasteiger partial charge in [0.05, 0.1) is 0 Å². The van der Waals surface area contributed by atoms with Crippen LogP contribution in [-0.4, -0.2) is 13.1 Å². The Morgan fingerprint density at radius 2 is 1.70 bits per heavy atom. The van der Waals surface area contributed by atoms with Crippen molar-refractivity contribution < 1.29 is 0 Å². The summed E-state index contributed by atoms with van der Waals surface area (Å²) in [6.07, 6.45) is 0.836. The van der Waals surface area contributed by atoms with Crippen molar-refractivity contribution in [3.05, 3.63) is 68.7 Å². The van der Waals surface area contributed by atoms with Gasteiger partial charge in [0.15, 0.2) is 0 Å². The van der Waals surface area contributed by atoms with Gasteiger partial charge in [-0.05, 0) is 41.8 Å². The second-order valence-electron chi connectivity index (χ2n) is 5.28. The second kappa shape index (κ2) is 5.57. The number of rotatable bonds is 3. The van der Waals surface area contributed by atoms with E-state index in [1.54, 1.807) is 0 Å². The number of halogens is 3. The molecule has 3 rings (SSSR count). The highest BCUT2D eigenvalue weighted by molar-refractivity contribution is 6.33. The Balaban J connectivity index is 1.98. The Morgan fingerprint density at radius 1 is 0.950 bits per heavy atom. The predicted molar refractivity (Wildman–Crippen MR) is 86.2 cm³/mol. The number of hydrogen-bond acceptors (Lipinski definition) is 1. The van der Waals surface area contributed by atoms with E-state index in [4.69, 9.17) is 34.8 Å². The fourth-order valence-electron chi connectivity index (χ4n) is 2.77. The molecular weight excluding hydrogens is 313 g/mol. The van der Waals surface area contributed by atoms with Gasteiger partial charge in [-0.2, -0.15) is 0 Å². The molecule has 1 aliphatic rings. The zero-order valence-electron chi connectivity index (χ0n) is 10.8. The van der Waals surface area contributed by atoms with Gasteiger partial charge < -0.3 is 5.32 Å². The maximum absolute atomic E-state index is 6.37. The van der Waals surface area contributed by atoms with Crippen molar-refractivity contribution >= 4 is 34.8 Å². The van der Waals surface area contributed by atoms with E-state index in [1.165, 1.54) is 5.56 Å². The fourth-order valence-corrected chi connectivity index (χ4v) is 3.49. The van der Waals surface area contributed by atoms with Gasteiger partial charge in [0.1, 0.15) is 0 Å². The Labute approximate surface area is 133 Å². The van der Waals surface area contributed by atoms with Crippen LogP contribution in [0.4, 0.5) is 0 Å². The first kappa shape index (κ1) is 14.2. The SMILES string of the molecule is Clc1ccc(Cl)c(CC2(c3ccccc3Cl)CNC2)c1. The summed E-state index contributed by atoms with van der Waals surface area (Å²) in [5.74, 6) is 0. The summed E-state index contributed by atoms with van der Waals surface area (Å²) >= 11 is 18.8. The minimum absolute atomic E-state index is 0.00661. The highest BCUT2D eigenvalue weighted by Gasteiger charge is 2.40. The molecule has 1 nitrogen and oxygen atoms in total. The molecule has 1 saturated heterocycles. The van der Waals surface area contributed by atoms with E-state index in [1.807, 2.05) is 36.4 Å². The van der Waals surface area contributed by atoms with Crippen LogP contribution in [0.3, 0.4) is 0 Å². The minimum atomic E-state index is 0.00661. The summed E-state index contributed by atoms with van der Waals surface area (Å²) < 4.78 is 0. The van der Waals surface area contributed by atoms with Crippen molar-refractivity contribution in [2.75, 3.05) is 13.1 Å². The molecule has 0 unspecified atom stereocenters. The Hall–Kier alpha value is -0.730. The zero-order valence-corrected chi connectivity index (χ0v) is 13.1. The van der Waals surface area contributed by atoms with E-state index in [0.717, 1.165) is 35.1 Å². The zero-order chi connectivity index (χ0) is 14.2. The summed E-state index contributed by atoms with van der Waals surface area (Å²) in [6, 6.07) is 13.6. The van der Waals surface area contributed by atoms with Crippen molar-refractivity contribution in [1.29, 1.82) is 0 Å². The van der Waals surface area contributed by atoms with Gasteiger partial charge in [0.2, 0.25) is 0 Å². The quantitative estimate of drug-likeness (QED) is 0.859. The third-order valence-electron chi connectivity index (χ3n) is 3.91. The fraction of sp³-hybridized carbons (Fsp3) is 0.250. The van der Waals surface area contributed by atoms with E-state index in [0.29, 0.717) is 5.02 Å². The normalized spacial score (nSPS) is 16.8. The first-order chi connectivity index (χ1) is 9.61. The molecule has 1 heterocycles. The Bertz CT molecular complexity index is 635. The van der Waals surface area contributed by atoms with Crippen LogP contribution >= 0.6 is 34.8 Å². The minimum Gasteiger partial charge on any atom is -0.315 e. The molecule has 0 saturated carbocycles. The topological polar surface area (TPSA) is 12.0 Å². The van der Waals surface area contributed by atoms with Gasteiger partial charge in [-0.15, -0.1) is 0 Å². The first-order valence-electron chi connectivity index (χ1n) is 6.50. The van der Waals surface area contributed by atoms with Gasteiger partial charge in [-0.3, -0.25) is 0 Å². The van der Waals surface area contributed by atoms with Gasteiger partial charge in [-0.25, -0.2) is 0 Å². The van der Waals surface area contributed by atoms with Crippen molar-refractivity contribution in [2.45, 2.75) is 11.8 Å². The molecule has 0 aromatic heterocycles. The van der Waals surface area contributed by atoms with E-state index >= 15 is 0 Å². The lowest BCUT2D eigenvalue weighted by molar-refractivity contribution is 0.275. The molecule has 104 valence electrons. The van der Waals surface area contributed by atoms with Crippen molar-refractivity contribution in [1.82, 2.24) is 5.32 Å². The molecular formula is C16H14Cl3N. The third-order valence-corrected chi connectivity index (χ3v) is 4.84. The van der Waals surface area contributed by atoms with E-state index in [-0.39, 0.29) is 5.41 Å². The van der Waals surface area contributed by atoms with Gasteiger partial charge in [-0.1, -0.05) is 53.0 Å². The van der Waals surface area contributed by atoms with Crippen LogP contribution in [0.1, 0.15) is 11.1 Å². The van der Waals surface area contributed by atoms with Crippen LogP contribution in [0.5, 0.6) is 0 Å². The van der Waals surface area contributed by atoms with Crippen molar-refractivity contribution in [3.8, 4) is 0 Å². The average Bonchev–Trinajstić information content (AvgIpc) is 2.39. The van der Waals surface area contributed by atoms with Gasteiger partial charge in [0.25, 0.3) is 0 Å². The molecule has 0 aliphatic carbocycles. The molecule has 0 spiro atoms. The summed E-state index contributed by atoms with van der Waals surface area (Å²) in [5, 5.41) is 5.63. The maximum atomic E-state index is 6.37. The summed E-state index contributed by atoms with van der Waals surface area (Å²) in [7, 11) is 0. The predicted octanol–water partition coefficient (Wildman–Crippen LogP) is 4.73. The lowest BCUT2D eigenvalue weighted by atomic mass is 9.71. The molecule has 0 radical (unpaired) electrons. The van der Waals surface area contributed by atoms with E-state index in [2.05, 4.69) is 11.4 Å². The van der Waals surface area contributed by atoms with Crippen LogP contribution in [0, 0.1) is 0 Å². The van der Waals surface area contributed by atoms with Crippen LogP contribution in [0.2, 0.25) is 15.1 Å². The van der Waals surface area contributed by atoms with Crippen molar-refractivity contribution in [3.63, 3.8) is 0 Å². The van der Waals surface area contributed by atoms with Crippen molar-refractivity contribution in [2.24, 2.45) is 0 Å². The third kappa shape index (κ3) is 2.56. The molecule has 4 heteroatoms. The smallest absolute Gasteiger partial charge is 0.0444 e. The summed E-state index contributed by atoms with van der Waals surface area (Å²) in [6.45, 7) is 1.80. The number of benzene rings is 2. The molecule has 0 amide bonds. The van der Waals surface area contributed by atoms with Crippen LogP contribution in [-0.2, 0) is 11.8 Å². The Morgan fingerprint density at radius 3 is 2.35 bits per heavy atom. The molecule has 2 aromatic carbocycles. The standard InChI is InChI=1S/C16H14Cl3N/c17-12-5-6-14(18)11(7-12)8-16(9-20-10-16)13-3-1-2-4-15(13)19/h1-7,20H,8-10H2. The molecule has 20 heavy (non-hydrogen) atoms. The first-order valence-corrected chi connectivity index (χ1v) is 7.64. The molecule has 1 N–H and O–H groups in total. The summed E-state index contributed by atoms with van der Waals surface area (Å²) in [4.78, 5) is 0.